The van der Waals surface area contributed by atoms with Gasteiger partial charge in [0.25, 0.3) is 0 Å². The second-order valence-electron chi connectivity index (χ2n) is 5.08. The Morgan fingerprint density at radius 3 is 2.76 bits per heavy atom. The zero-order valence-corrected chi connectivity index (χ0v) is 12.0. The molecule has 0 saturated heterocycles. The van der Waals surface area contributed by atoms with Gasteiger partial charge >= 0.3 is 0 Å². The fourth-order valence-electron chi connectivity index (χ4n) is 2.53. The van der Waals surface area contributed by atoms with Crippen LogP contribution in [0.3, 0.4) is 0 Å². The van der Waals surface area contributed by atoms with E-state index < -0.39 is 0 Å². The van der Waals surface area contributed by atoms with Crippen molar-refractivity contribution in [3.63, 3.8) is 0 Å². The van der Waals surface area contributed by atoms with Crippen molar-refractivity contribution in [2.24, 2.45) is 5.41 Å². The molecule has 1 fully saturated rings. The van der Waals surface area contributed by atoms with E-state index in [2.05, 4.69) is 32.8 Å². The largest absolute Gasteiger partial charge is 0.481 e. The van der Waals surface area contributed by atoms with Gasteiger partial charge in [-0.25, -0.2) is 9.97 Å². The Morgan fingerprint density at radius 2 is 2.12 bits per heavy atom. The summed E-state index contributed by atoms with van der Waals surface area (Å²) in [4.78, 5) is 8.82. The van der Waals surface area contributed by atoms with Gasteiger partial charge in [-0.3, -0.25) is 0 Å². The molecule has 1 aliphatic carbocycles. The van der Waals surface area contributed by atoms with Gasteiger partial charge in [0.1, 0.15) is 6.33 Å². The first-order valence-electron chi connectivity index (χ1n) is 6.13. The number of nitrogens with zero attached hydrogens (tertiary/aromatic N) is 2. The summed E-state index contributed by atoms with van der Waals surface area (Å²) in [7, 11) is 1.63. The summed E-state index contributed by atoms with van der Waals surface area (Å²) >= 11 is 3.84. The summed E-state index contributed by atoms with van der Waals surface area (Å²) in [5, 5.41) is 0. The minimum atomic E-state index is 0.415. The van der Waals surface area contributed by atoms with Gasteiger partial charge in [0.15, 0.2) is 0 Å². The van der Waals surface area contributed by atoms with Crippen molar-refractivity contribution in [3.05, 3.63) is 18.1 Å². The van der Waals surface area contributed by atoms with Crippen LogP contribution in [-0.2, 0) is 6.42 Å². The van der Waals surface area contributed by atoms with Gasteiger partial charge in [0.05, 0.1) is 7.11 Å². The lowest BCUT2D eigenvalue weighted by atomic mass is 9.83. The number of aromatic nitrogens is 2. The first kappa shape index (κ1) is 12.8. The third-order valence-corrected chi connectivity index (χ3v) is 5.23. The average Bonchev–Trinajstić information content (AvgIpc) is 2.78. The Balaban J connectivity index is 2.04. The minimum absolute atomic E-state index is 0.415. The summed E-state index contributed by atoms with van der Waals surface area (Å²) in [5.74, 6) is 0.645. The molecule has 2 rings (SSSR count). The predicted molar refractivity (Wildman–Crippen MR) is 71.6 cm³/mol. The second kappa shape index (κ2) is 5.34. The van der Waals surface area contributed by atoms with Crippen LogP contribution in [0.4, 0.5) is 0 Å². The molecular formula is C13H19BrN2O. The van der Waals surface area contributed by atoms with E-state index in [9.17, 15) is 0 Å². The lowest BCUT2D eigenvalue weighted by Gasteiger charge is -2.29. The third-order valence-electron chi connectivity index (χ3n) is 3.80. The maximum atomic E-state index is 5.12. The highest BCUT2D eigenvalue weighted by Gasteiger charge is 2.35. The highest BCUT2D eigenvalue weighted by molar-refractivity contribution is 9.09. The van der Waals surface area contributed by atoms with E-state index in [0.29, 0.717) is 16.1 Å². The summed E-state index contributed by atoms with van der Waals surface area (Å²) in [6.45, 7) is 2.37. The van der Waals surface area contributed by atoms with Gasteiger partial charge in [-0.15, -0.1) is 0 Å². The van der Waals surface area contributed by atoms with Crippen LogP contribution in [0, 0.1) is 5.41 Å². The van der Waals surface area contributed by atoms with Crippen LogP contribution in [0.1, 0.15) is 38.3 Å². The van der Waals surface area contributed by atoms with Crippen LogP contribution in [-0.4, -0.2) is 21.9 Å². The SMILES string of the molecule is COc1cc(CC(Br)C2(C)CCCC2)ncn1. The highest BCUT2D eigenvalue weighted by atomic mass is 79.9. The summed E-state index contributed by atoms with van der Waals surface area (Å²) in [5.41, 5.74) is 1.46. The quantitative estimate of drug-likeness (QED) is 0.800. The first-order valence-corrected chi connectivity index (χ1v) is 7.04. The van der Waals surface area contributed by atoms with E-state index in [-0.39, 0.29) is 0 Å². The van der Waals surface area contributed by atoms with Crippen molar-refractivity contribution in [1.29, 1.82) is 0 Å². The van der Waals surface area contributed by atoms with Crippen LogP contribution in [0.15, 0.2) is 12.4 Å². The van der Waals surface area contributed by atoms with Gasteiger partial charge in [-0.05, 0) is 18.3 Å². The maximum absolute atomic E-state index is 5.12. The summed E-state index contributed by atoms with van der Waals surface area (Å²) in [6, 6.07) is 1.92. The Hall–Kier alpha value is -0.640. The zero-order chi connectivity index (χ0) is 12.3. The molecule has 1 aliphatic rings. The van der Waals surface area contributed by atoms with Crippen molar-refractivity contribution in [1.82, 2.24) is 9.97 Å². The predicted octanol–water partition coefficient (Wildman–Crippen LogP) is 3.37. The number of rotatable bonds is 4. The number of hydrogen-bond donors (Lipinski definition) is 0. The van der Waals surface area contributed by atoms with E-state index >= 15 is 0 Å². The summed E-state index contributed by atoms with van der Waals surface area (Å²) < 4.78 is 5.12. The standard InChI is InChI=1S/C13H19BrN2O/c1-13(5-3-4-6-13)11(14)7-10-8-12(17-2)16-9-15-10/h8-9,11H,3-7H2,1-2H3. The highest BCUT2D eigenvalue weighted by Crippen LogP contribution is 2.44. The van der Waals surface area contributed by atoms with Crippen LogP contribution < -0.4 is 4.74 Å². The fraction of sp³-hybridized carbons (Fsp3) is 0.692. The smallest absolute Gasteiger partial charge is 0.216 e. The van der Waals surface area contributed by atoms with Gasteiger partial charge in [-0.2, -0.15) is 0 Å². The van der Waals surface area contributed by atoms with Crippen molar-refractivity contribution < 1.29 is 4.74 Å². The van der Waals surface area contributed by atoms with Gasteiger partial charge < -0.3 is 4.74 Å². The minimum Gasteiger partial charge on any atom is -0.481 e. The first-order chi connectivity index (χ1) is 8.14. The number of alkyl halides is 1. The van der Waals surface area contributed by atoms with Crippen LogP contribution in [0.2, 0.25) is 0 Å². The molecule has 94 valence electrons. The number of halogens is 1. The van der Waals surface area contributed by atoms with Crippen molar-refractivity contribution in [3.8, 4) is 5.88 Å². The van der Waals surface area contributed by atoms with Crippen LogP contribution in [0.25, 0.3) is 0 Å². The van der Waals surface area contributed by atoms with E-state index in [1.54, 1.807) is 13.4 Å². The molecule has 1 aromatic rings. The molecule has 0 radical (unpaired) electrons. The molecule has 0 aromatic carbocycles. The molecule has 0 aliphatic heterocycles. The molecule has 4 heteroatoms. The van der Waals surface area contributed by atoms with Crippen molar-refractivity contribution >= 4 is 15.9 Å². The Morgan fingerprint density at radius 1 is 1.41 bits per heavy atom. The third kappa shape index (κ3) is 2.97. The molecule has 1 heterocycles. The maximum Gasteiger partial charge on any atom is 0.216 e. The van der Waals surface area contributed by atoms with E-state index in [1.165, 1.54) is 25.7 Å². The van der Waals surface area contributed by atoms with Crippen molar-refractivity contribution in [2.45, 2.75) is 43.9 Å². The number of ether oxygens (including phenoxy) is 1. The molecule has 0 amide bonds. The molecule has 0 spiro atoms. The topological polar surface area (TPSA) is 35.0 Å². The Bertz CT molecular complexity index is 377. The molecule has 1 aromatic heterocycles. The lowest BCUT2D eigenvalue weighted by Crippen LogP contribution is -2.26. The molecular weight excluding hydrogens is 280 g/mol. The lowest BCUT2D eigenvalue weighted by molar-refractivity contribution is 0.324. The Labute approximate surface area is 111 Å². The van der Waals surface area contributed by atoms with Crippen LogP contribution in [0.5, 0.6) is 5.88 Å². The Kier molecular flexibility index (Phi) is 4.02. The van der Waals surface area contributed by atoms with Crippen LogP contribution >= 0.6 is 15.9 Å². The zero-order valence-electron chi connectivity index (χ0n) is 10.4. The number of hydrogen-bond acceptors (Lipinski definition) is 3. The fourth-order valence-corrected chi connectivity index (χ4v) is 3.32. The van der Waals surface area contributed by atoms with Gasteiger partial charge in [0, 0.05) is 23.0 Å². The summed E-state index contributed by atoms with van der Waals surface area (Å²) in [6.07, 6.45) is 7.84. The second-order valence-corrected chi connectivity index (χ2v) is 6.19. The molecule has 0 bridgehead atoms. The number of methoxy groups -OCH3 is 1. The molecule has 1 atom stereocenters. The van der Waals surface area contributed by atoms with Crippen molar-refractivity contribution in [2.75, 3.05) is 7.11 Å². The van der Waals surface area contributed by atoms with E-state index in [0.717, 1.165) is 12.1 Å². The molecule has 3 nitrogen and oxygen atoms in total. The molecule has 1 unspecified atom stereocenters. The molecule has 0 N–H and O–H groups in total. The monoisotopic (exact) mass is 298 g/mol. The normalized spacial score (nSPS) is 20.2. The van der Waals surface area contributed by atoms with Gasteiger partial charge in [-0.1, -0.05) is 35.7 Å². The van der Waals surface area contributed by atoms with E-state index in [1.807, 2.05) is 6.07 Å². The molecule has 17 heavy (non-hydrogen) atoms. The molecule has 1 saturated carbocycles. The van der Waals surface area contributed by atoms with E-state index in [4.69, 9.17) is 4.74 Å². The average molecular weight is 299 g/mol. The van der Waals surface area contributed by atoms with Gasteiger partial charge in [0.2, 0.25) is 5.88 Å².